The average Bonchev–Trinajstić information content (AvgIpc) is 3.43. The average molecular weight is 417 g/mol. The van der Waals surface area contributed by atoms with Crippen molar-refractivity contribution in [3.8, 4) is 17.2 Å². The Morgan fingerprint density at radius 1 is 1.10 bits per heavy atom. The zero-order chi connectivity index (χ0) is 21.4. The molecule has 8 heteroatoms. The van der Waals surface area contributed by atoms with Crippen LogP contribution in [-0.4, -0.2) is 28.1 Å². The number of imide groups is 1. The monoisotopic (exact) mass is 417 g/mol. The highest BCUT2D eigenvalue weighted by atomic mass is 16.6. The minimum Gasteiger partial charge on any atom is -0.487 e. The molecule has 8 nitrogen and oxygen atoms in total. The highest BCUT2D eigenvalue weighted by molar-refractivity contribution is 6.00. The van der Waals surface area contributed by atoms with Crippen LogP contribution < -0.4 is 10.1 Å². The lowest BCUT2D eigenvalue weighted by Gasteiger charge is -2.04. The van der Waals surface area contributed by atoms with E-state index in [2.05, 4.69) is 15.3 Å². The molecule has 0 aliphatic carbocycles. The Morgan fingerprint density at radius 3 is 2.71 bits per heavy atom. The predicted octanol–water partition coefficient (Wildman–Crippen LogP) is 3.89. The smallest absolute Gasteiger partial charge is 0.414 e. The van der Waals surface area contributed by atoms with E-state index in [9.17, 15) is 9.59 Å². The van der Waals surface area contributed by atoms with Crippen LogP contribution in [0.2, 0.25) is 0 Å². The Morgan fingerprint density at radius 2 is 1.94 bits per heavy atom. The van der Waals surface area contributed by atoms with Gasteiger partial charge in [-0.3, -0.25) is 10.1 Å². The zero-order valence-corrected chi connectivity index (χ0v) is 16.7. The van der Waals surface area contributed by atoms with Crippen molar-refractivity contribution in [2.24, 2.45) is 0 Å². The molecule has 31 heavy (non-hydrogen) atoms. The van der Waals surface area contributed by atoms with Crippen molar-refractivity contribution < 1.29 is 23.5 Å². The van der Waals surface area contributed by atoms with Crippen LogP contribution >= 0.6 is 0 Å². The zero-order valence-electron chi connectivity index (χ0n) is 16.7. The van der Waals surface area contributed by atoms with Gasteiger partial charge in [0, 0.05) is 28.6 Å². The molecular formula is C23H19N3O5. The summed E-state index contributed by atoms with van der Waals surface area (Å²) in [4.78, 5) is 30.7. The molecule has 156 valence electrons. The Balaban J connectivity index is 1.29. The van der Waals surface area contributed by atoms with E-state index in [0.29, 0.717) is 17.4 Å². The number of carbonyl (C=O) groups excluding carboxylic acids is 2. The van der Waals surface area contributed by atoms with Crippen molar-refractivity contribution in [2.45, 2.75) is 26.1 Å². The van der Waals surface area contributed by atoms with Gasteiger partial charge in [0.1, 0.15) is 23.8 Å². The first kappa shape index (κ1) is 18.9. The third-order valence-electron chi connectivity index (χ3n) is 5.11. The number of hydrogen-bond donors (Lipinski definition) is 2. The summed E-state index contributed by atoms with van der Waals surface area (Å²) < 4.78 is 16.7. The van der Waals surface area contributed by atoms with Gasteiger partial charge in [-0.1, -0.05) is 18.2 Å². The number of nitrogens with zero attached hydrogens (tertiary/aromatic N) is 1. The number of ether oxygens (including phenoxy) is 2. The van der Waals surface area contributed by atoms with Gasteiger partial charge in [0.25, 0.3) is 5.91 Å². The molecule has 2 N–H and O–H groups in total. The van der Waals surface area contributed by atoms with Crippen LogP contribution in [-0.2, 0) is 22.6 Å². The van der Waals surface area contributed by atoms with Crippen LogP contribution in [0.4, 0.5) is 4.79 Å². The molecule has 2 amide bonds. The third-order valence-corrected chi connectivity index (χ3v) is 5.11. The molecule has 1 aliphatic rings. The van der Waals surface area contributed by atoms with E-state index < -0.39 is 18.1 Å². The first-order valence-corrected chi connectivity index (χ1v) is 9.83. The van der Waals surface area contributed by atoms with Gasteiger partial charge in [-0.25, -0.2) is 9.78 Å². The topological polar surface area (TPSA) is 106 Å². The summed E-state index contributed by atoms with van der Waals surface area (Å²) in [5.74, 6) is 1.55. The van der Waals surface area contributed by atoms with Crippen LogP contribution in [0, 0.1) is 6.92 Å². The molecule has 0 radical (unpaired) electrons. The summed E-state index contributed by atoms with van der Waals surface area (Å²) in [6.45, 7) is 2.15. The lowest BCUT2D eigenvalue weighted by molar-refractivity contribution is -0.123. The van der Waals surface area contributed by atoms with Gasteiger partial charge in [-0.15, -0.1) is 0 Å². The molecule has 0 saturated carbocycles. The highest BCUT2D eigenvalue weighted by Gasteiger charge is 2.32. The number of aromatic amines is 1. The molecule has 5 rings (SSSR count). The van der Waals surface area contributed by atoms with Crippen molar-refractivity contribution in [1.82, 2.24) is 15.3 Å². The molecule has 0 bridgehead atoms. The number of carbonyl (C=O) groups is 2. The second-order valence-corrected chi connectivity index (χ2v) is 7.31. The number of fused-ring (bicyclic) bond motifs is 1. The fourth-order valence-electron chi connectivity index (χ4n) is 3.52. The predicted molar refractivity (Wildman–Crippen MR) is 111 cm³/mol. The second kappa shape index (κ2) is 7.64. The van der Waals surface area contributed by atoms with Crippen LogP contribution in [0.1, 0.15) is 17.1 Å². The van der Waals surface area contributed by atoms with E-state index >= 15 is 0 Å². The van der Waals surface area contributed by atoms with E-state index in [0.717, 1.165) is 27.9 Å². The summed E-state index contributed by atoms with van der Waals surface area (Å²) >= 11 is 0. The van der Waals surface area contributed by atoms with E-state index in [4.69, 9.17) is 13.9 Å². The number of cyclic esters (lactones) is 1. The molecule has 1 atom stereocenters. The van der Waals surface area contributed by atoms with Gasteiger partial charge < -0.3 is 18.9 Å². The molecule has 4 aromatic rings. The summed E-state index contributed by atoms with van der Waals surface area (Å²) in [5.41, 5.74) is 3.35. The summed E-state index contributed by atoms with van der Waals surface area (Å²) in [6, 6.07) is 17.3. The maximum atomic E-state index is 11.7. The molecule has 1 aliphatic heterocycles. The number of rotatable bonds is 6. The van der Waals surface area contributed by atoms with E-state index in [1.165, 1.54) is 0 Å². The fraction of sp³-hybridized carbons (Fsp3) is 0.174. The lowest BCUT2D eigenvalue weighted by Crippen LogP contribution is -2.25. The Kier molecular flexibility index (Phi) is 4.66. The number of oxazole rings is 1. The second-order valence-electron chi connectivity index (χ2n) is 7.31. The number of aryl methyl sites for hydroxylation is 1. The number of amides is 2. The number of alkyl carbamates (subject to hydrolysis) is 1. The quantitative estimate of drug-likeness (QED) is 0.493. The minimum atomic E-state index is -0.815. The van der Waals surface area contributed by atoms with Crippen molar-refractivity contribution in [2.75, 3.05) is 0 Å². The molecule has 1 unspecified atom stereocenters. The molecule has 1 fully saturated rings. The number of H-pyrrole nitrogens is 1. The van der Waals surface area contributed by atoms with Gasteiger partial charge >= 0.3 is 6.09 Å². The number of nitrogens with one attached hydrogen (secondary N) is 2. The van der Waals surface area contributed by atoms with Crippen molar-refractivity contribution in [3.63, 3.8) is 0 Å². The Bertz CT molecular complexity index is 1280. The SMILES string of the molecule is Cc1oc(-c2ccccc2)nc1COc1ccc2[nH]c(CC3OC(=O)NC3=O)cc2c1. The van der Waals surface area contributed by atoms with Gasteiger partial charge in [0.2, 0.25) is 5.89 Å². The highest BCUT2D eigenvalue weighted by Crippen LogP contribution is 2.25. The van der Waals surface area contributed by atoms with Gasteiger partial charge in [0.05, 0.1) is 0 Å². The van der Waals surface area contributed by atoms with Crippen LogP contribution in [0.15, 0.2) is 59.0 Å². The van der Waals surface area contributed by atoms with E-state index in [1.807, 2.05) is 61.5 Å². The van der Waals surface area contributed by atoms with Crippen molar-refractivity contribution >= 4 is 22.9 Å². The number of aromatic nitrogens is 2. The standard InChI is InChI=1S/C23H19N3O5/c1-13-19(25-22(30-13)14-5-3-2-4-6-14)12-29-17-7-8-18-15(10-17)9-16(24-18)11-20-21(27)26-23(28)31-20/h2-10,20,24H,11-12H2,1H3,(H,26,27,28). The molecular weight excluding hydrogens is 398 g/mol. The summed E-state index contributed by atoms with van der Waals surface area (Å²) in [6.07, 6.45) is -1.24. The first-order valence-electron chi connectivity index (χ1n) is 9.83. The third kappa shape index (κ3) is 3.87. The summed E-state index contributed by atoms with van der Waals surface area (Å²) in [5, 5.41) is 3.06. The van der Waals surface area contributed by atoms with Gasteiger partial charge in [0.15, 0.2) is 6.10 Å². The molecule has 1 saturated heterocycles. The van der Waals surface area contributed by atoms with E-state index in [1.54, 1.807) is 0 Å². The van der Waals surface area contributed by atoms with Crippen LogP contribution in [0.25, 0.3) is 22.4 Å². The maximum Gasteiger partial charge on any atom is 0.414 e. The minimum absolute atomic E-state index is 0.281. The number of benzene rings is 2. The van der Waals surface area contributed by atoms with E-state index in [-0.39, 0.29) is 13.0 Å². The normalized spacial score (nSPS) is 15.8. The molecule has 0 spiro atoms. The van der Waals surface area contributed by atoms with Gasteiger partial charge in [-0.2, -0.15) is 0 Å². The van der Waals surface area contributed by atoms with Crippen molar-refractivity contribution in [1.29, 1.82) is 0 Å². The Labute approximate surface area is 177 Å². The van der Waals surface area contributed by atoms with Crippen LogP contribution in [0.5, 0.6) is 5.75 Å². The van der Waals surface area contributed by atoms with Gasteiger partial charge in [-0.05, 0) is 43.3 Å². The lowest BCUT2D eigenvalue weighted by atomic mass is 10.2. The Hall–Kier alpha value is -4.07. The molecule has 2 aromatic heterocycles. The molecule has 2 aromatic carbocycles. The summed E-state index contributed by atoms with van der Waals surface area (Å²) in [7, 11) is 0. The molecule has 3 heterocycles. The first-order chi connectivity index (χ1) is 15.0. The van der Waals surface area contributed by atoms with Crippen molar-refractivity contribution in [3.05, 3.63) is 71.7 Å². The van der Waals surface area contributed by atoms with Crippen LogP contribution in [0.3, 0.4) is 0 Å². The number of hydrogen-bond acceptors (Lipinski definition) is 6. The fourth-order valence-corrected chi connectivity index (χ4v) is 3.52. The largest absolute Gasteiger partial charge is 0.487 e. The maximum absolute atomic E-state index is 11.7.